The number of ether oxygens (including phenoxy) is 1. The van der Waals surface area contributed by atoms with Crippen molar-refractivity contribution in [3.05, 3.63) is 95.3 Å². The Labute approximate surface area is 201 Å². The van der Waals surface area contributed by atoms with Gasteiger partial charge in [-0.25, -0.2) is 9.18 Å². The molecule has 0 heterocycles. The Kier molecular flexibility index (Phi) is 9.17. The van der Waals surface area contributed by atoms with Gasteiger partial charge in [0.1, 0.15) is 5.82 Å². The van der Waals surface area contributed by atoms with Gasteiger partial charge in [-0.3, -0.25) is 0 Å². The van der Waals surface area contributed by atoms with Gasteiger partial charge < -0.3 is 9.84 Å². The van der Waals surface area contributed by atoms with Gasteiger partial charge >= 0.3 is 5.97 Å². The number of hydrogen-bond donors (Lipinski definition) is 1. The van der Waals surface area contributed by atoms with E-state index in [4.69, 9.17) is 4.74 Å². The summed E-state index contributed by atoms with van der Waals surface area (Å²) >= 11 is 0. The predicted octanol–water partition coefficient (Wildman–Crippen LogP) is 7.05. The van der Waals surface area contributed by atoms with Crippen molar-refractivity contribution in [3.63, 3.8) is 0 Å². The Morgan fingerprint density at radius 2 is 1.59 bits per heavy atom. The second-order valence-electron chi connectivity index (χ2n) is 8.66. The molecular formula is C30H33FO3. The lowest BCUT2D eigenvalue weighted by Gasteiger charge is -2.12. The van der Waals surface area contributed by atoms with Gasteiger partial charge in [0, 0.05) is 17.6 Å². The summed E-state index contributed by atoms with van der Waals surface area (Å²) < 4.78 is 20.3. The third-order valence-corrected chi connectivity index (χ3v) is 5.97. The predicted molar refractivity (Wildman–Crippen MR) is 136 cm³/mol. The van der Waals surface area contributed by atoms with Crippen molar-refractivity contribution in [3.8, 4) is 22.3 Å². The molecule has 4 heteroatoms. The number of carbonyl (C=O) groups is 1. The summed E-state index contributed by atoms with van der Waals surface area (Å²) in [5.74, 6) is -0.715. The van der Waals surface area contributed by atoms with Crippen molar-refractivity contribution in [2.45, 2.75) is 52.6 Å². The van der Waals surface area contributed by atoms with Gasteiger partial charge in [-0.2, -0.15) is 0 Å². The molecule has 0 aliphatic carbocycles. The Hall–Kier alpha value is -3.24. The molecule has 3 rings (SSSR count). The summed E-state index contributed by atoms with van der Waals surface area (Å²) in [4.78, 5) is 11.6. The Bertz CT molecular complexity index is 1130. The highest BCUT2D eigenvalue weighted by Gasteiger charge is 2.11. The molecular weight excluding hydrogens is 427 g/mol. The molecule has 0 fully saturated rings. The van der Waals surface area contributed by atoms with Gasteiger partial charge in [0.2, 0.25) is 0 Å². The van der Waals surface area contributed by atoms with E-state index in [1.54, 1.807) is 13.0 Å². The summed E-state index contributed by atoms with van der Waals surface area (Å²) in [7, 11) is 0. The normalized spacial score (nSPS) is 10.8. The second-order valence-corrected chi connectivity index (χ2v) is 8.66. The van der Waals surface area contributed by atoms with Gasteiger partial charge in [0.05, 0.1) is 13.2 Å². The Balaban J connectivity index is 1.77. The molecule has 3 aromatic carbocycles. The molecule has 0 spiro atoms. The molecule has 0 saturated carbocycles. The van der Waals surface area contributed by atoms with E-state index >= 15 is 4.39 Å². The fourth-order valence-electron chi connectivity index (χ4n) is 3.93. The minimum atomic E-state index is -0.437. The molecule has 0 aromatic heterocycles. The summed E-state index contributed by atoms with van der Waals surface area (Å²) in [5.41, 5.74) is 6.26. The Morgan fingerprint density at radius 3 is 2.24 bits per heavy atom. The maximum absolute atomic E-state index is 15.1. The number of aliphatic hydroxyl groups is 1. The number of hydrogen-bond acceptors (Lipinski definition) is 3. The summed E-state index contributed by atoms with van der Waals surface area (Å²) in [6, 6.07) is 19.0. The number of carbonyl (C=O) groups excluding carboxylic acids is 1. The topological polar surface area (TPSA) is 46.5 Å². The number of benzene rings is 3. The number of aryl methyl sites for hydroxylation is 1. The molecule has 0 bridgehead atoms. The van der Waals surface area contributed by atoms with Crippen molar-refractivity contribution in [1.82, 2.24) is 0 Å². The molecule has 0 atom stereocenters. The van der Waals surface area contributed by atoms with Crippen LogP contribution in [0.5, 0.6) is 0 Å². The zero-order valence-electron chi connectivity index (χ0n) is 20.1. The van der Waals surface area contributed by atoms with Gasteiger partial charge in [0.15, 0.2) is 0 Å². The van der Waals surface area contributed by atoms with Crippen LogP contribution in [0, 0.1) is 5.82 Å². The number of rotatable bonds is 11. The Morgan fingerprint density at radius 1 is 0.912 bits per heavy atom. The van der Waals surface area contributed by atoms with E-state index in [0.717, 1.165) is 34.2 Å². The van der Waals surface area contributed by atoms with Gasteiger partial charge in [-0.1, -0.05) is 80.9 Å². The molecule has 0 unspecified atom stereocenters. The minimum Gasteiger partial charge on any atom is -0.462 e. The largest absolute Gasteiger partial charge is 0.462 e. The number of halogens is 1. The summed E-state index contributed by atoms with van der Waals surface area (Å²) in [5, 5.41) is 9.68. The lowest BCUT2D eigenvalue weighted by molar-refractivity contribution is -0.138. The highest BCUT2D eigenvalue weighted by molar-refractivity contribution is 5.86. The van der Waals surface area contributed by atoms with E-state index in [9.17, 15) is 9.90 Å². The average Bonchev–Trinajstić information content (AvgIpc) is 2.84. The third-order valence-electron chi connectivity index (χ3n) is 5.97. The molecule has 3 nitrogen and oxygen atoms in total. The quantitative estimate of drug-likeness (QED) is 0.189. The lowest BCUT2D eigenvalue weighted by atomic mass is 9.95. The first-order valence-electron chi connectivity index (χ1n) is 11.9. The molecule has 0 radical (unpaired) electrons. The number of aliphatic hydroxyl groups excluding tert-OH is 1. The maximum atomic E-state index is 15.1. The lowest BCUT2D eigenvalue weighted by Crippen LogP contribution is -2.09. The van der Waals surface area contributed by atoms with E-state index in [0.29, 0.717) is 17.6 Å². The molecule has 0 aliphatic heterocycles. The smallest absolute Gasteiger partial charge is 0.333 e. The highest BCUT2D eigenvalue weighted by atomic mass is 19.1. The molecule has 1 N–H and O–H groups in total. The van der Waals surface area contributed by atoms with Crippen molar-refractivity contribution in [2.24, 2.45) is 0 Å². The van der Waals surface area contributed by atoms with Gasteiger partial charge in [-0.05, 0) is 59.2 Å². The zero-order chi connectivity index (χ0) is 24.5. The molecule has 0 aliphatic rings. The number of esters is 1. The monoisotopic (exact) mass is 460 g/mol. The van der Waals surface area contributed by atoms with Crippen LogP contribution in [0.4, 0.5) is 4.39 Å². The van der Waals surface area contributed by atoms with Crippen LogP contribution in [-0.2, 0) is 29.0 Å². The van der Waals surface area contributed by atoms with Gasteiger partial charge in [-0.15, -0.1) is 0 Å². The SMILES string of the molecule is C=C(C)C(=O)OCCc1cc(-c2ccc(-c3ccc(CCCCC)cc3)c(F)c2)ccc1CO. The molecule has 3 aromatic rings. The fourth-order valence-corrected chi connectivity index (χ4v) is 3.93. The van der Waals surface area contributed by atoms with Crippen LogP contribution in [0.3, 0.4) is 0 Å². The van der Waals surface area contributed by atoms with Crippen LogP contribution in [0.15, 0.2) is 72.8 Å². The minimum absolute atomic E-state index is 0.119. The van der Waals surface area contributed by atoms with Crippen LogP contribution in [0.2, 0.25) is 0 Å². The zero-order valence-corrected chi connectivity index (χ0v) is 20.1. The van der Waals surface area contributed by atoms with Crippen LogP contribution < -0.4 is 0 Å². The van der Waals surface area contributed by atoms with Crippen LogP contribution in [-0.4, -0.2) is 17.7 Å². The van der Waals surface area contributed by atoms with Gasteiger partial charge in [0.25, 0.3) is 0 Å². The van der Waals surface area contributed by atoms with E-state index in [-0.39, 0.29) is 19.0 Å². The van der Waals surface area contributed by atoms with Crippen molar-refractivity contribution in [2.75, 3.05) is 6.61 Å². The van der Waals surface area contributed by atoms with Crippen LogP contribution in [0.1, 0.15) is 49.8 Å². The summed E-state index contributed by atoms with van der Waals surface area (Å²) in [6.07, 6.45) is 5.09. The van der Waals surface area contributed by atoms with Crippen molar-refractivity contribution < 1.29 is 19.0 Å². The first-order valence-corrected chi connectivity index (χ1v) is 11.9. The second kappa shape index (κ2) is 12.3. The fraction of sp³-hybridized carbons (Fsp3) is 0.300. The third kappa shape index (κ3) is 6.64. The van der Waals surface area contributed by atoms with E-state index in [1.807, 2.05) is 42.5 Å². The molecule has 0 amide bonds. The van der Waals surface area contributed by atoms with Crippen LogP contribution >= 0.6 is 0 Å². The first-order chi connectivity index (χ1) is 16.4. The van der Waals surface area contributed by atoms with Crippen molar-refractivity contribution >= 4 is 5.97 Å². The summed E-state index contributed by atoms with van der Waals surface area (Å²) in [6.45, 7) is 7.43. The van der Waals surface area contributed by atoms with E-state index in [1.165, 1.54) is 24.8 Å². The maximum Gasteiger partial charge on any atom is 0.333 e. The standard InChI is InChI=1S/C30H33FO3/c1-4-5-6-7-22-8-10-23(11-9-22)28-15-14-25(19-29(28)31)24-12-13-27(20-32)26(18-24)16-17-34-30(33)21(2)3/h8-15,18-19,32H,2,4-7,16-17,20H2,1,3H3. The van der Waals surface area contributed by atoms with E-state index in [2.05, 4.69) is 25.6 Å². The van der Waals surface area contributed by atoms with Crippen LogP contribution in [0.25, 0.3) is 22.3 Å². The van der Waals surface area contributed by atoms with E-state index < -0.39 is 5.97 Å². The average molecular weight is 461 g/mol. The highest BCUT2D eigenvalue weighted by Crippen LogP contribution is 2.30. The first kappa shape index (κ1) is 25.4. The molecule has 178 valence electrons. The molecule has 34 heavy (non-hydrogen) atoms. The molecule has 0 saturated heterocycles. The van der Waals surface area contributed by atoms with Crippen molar-refractivity contribution in [1.29, 1.82) is 0 Å². The number of unbranched alkanes of at least 4 members (excludes halogenated alkanes) is 2.